The number of aliphatic hydroxyl groups is 1. The summed E-state index contributed by atoms with van der Waals surface area (Å²) in [4.78, 5) is 52.1. The molecule has 1 aliphatic heterocycles. The number of hydrogen-bond donors (Lipinski definition) is 5. The van der Waals surface area contributed by atoms with Crippen molar-refractivity contribution in [2.75, 3.05) is 6.54 Å². The molecule has 1 heterocycles. The van der Waals surface area contributed by atoms with E-state index in [4.69, 9.17) is 5.73 Å². The van der Waals surface area contributed by atoms with Gasteiger partial charge in [-0.3, -0.25) is 14.4 Å². The van der Waals surface area contributed by atoms with Crippen LogP contribution in [0.15, 0.2) is 30.3 Å². The fourth-order valence-electron chi connectivity index (χ4n) is 3.97. The maximum Gasteiger partial charge on any atom is 0.326 e. The second-order valence-electron chi connectivity index (χ2n) is 8.92. The predicted octanol–water partition coefficient (Wildman–Crippen LogP) is 0.0285. The van der Waals surface area contributed by atoms with Crippen molar-refractivity contribution in [2.24, 2.45) is 11.7 Å². The highest BCUT2D eigenvalue weighted by molar-refractivity contribution is 5.94. The van der Waals surface area contributed by atoms with Crippen molar-refractivity contribution < 1.29 is 29.4 Å². The largest absolute Gasteiger partial charge is 0.480 e. The van der Waals surface area contributed by atoms with Gasteiger partial charge in [0.2, 0.25) is 17.7 Å². The Morgan fingerprint density at radius 3 is 2.32 bits per heavy atom. The molecule has 1 fully saturated rings. The van der Waals surface area contributed by atoms with E-state index in [2.05, 4.69) is 10.6 Å². The Hall–Kier alpha value is -2.98. The number of amides is 3. The van der Waals surface area contributed by atoms with Gasteiger partial charge in [-0.15, -0.1) is 0 Å². The molecule has 1 aromatic carbocycles. The third kappa shape index (κ3) is 7.01. The summed E-state index contributed by atoms with van der Waals surface area (Å²) in [5.74, 6) is -3.08. The Kier molecular flexibility index (Phi) is 10.0. The average Bonchev–Trinajstić information content (AvgIpc) is 3.31. The van der Waals surface area contributed by atoms with Crippen LogP contribution in [0.1, 0.15) is 45.6 Å². The monoisotopic (exact) mass is 476 g/mol. The molecule has 10 heteroatoms. The minimum absolute atomic E-state index is 0.169. The Labute approximate surface area is 199 Å². The standard InChI is InChI=1S/C24H36N4O6/c1-4-14(2)20(27-21(30)19(25)15(3)29)22(31)26-17(13-16-9-6-5-7-10-16)23(32)28-12-8-11-18(28)24(33)34/h5-7,9-10,14-15,17-20,29H,4,8,11-13,25H2,1-3H3,(H,26,31)(H,27,30)(H,33,34). The quantitative estimate of drug-likeness (QED) is 0.301. The molecule has 1 aliphatic rings. The molecule has 0 aromatic heterocycles. The molecule has 0 spiro atoms. The van der Waals surface area contributed by atoms with Gasteiger partial charge in [0.05, 0.1) is 6.10 Å². The lowest BCUT2D eigenvalue weighted by molar-refractivity contribution is -0.149. The number of hydrogen-bond acceptors (Lipinski definition) is 6. The maximum atomic E-state index is 13.4. The Balaban J connectivity index is 2.27. The van der Waals surface area contributed by atoms with Crippen molar-refractivity contribution in [2.45, 2.75) is 76.7 Å². The van der Waals surface area contributed by atoms with Gasteiger partial charge < -0.3 is 31.5 Å². The van der Waals surface area contributed by atoms with Crippen LogP contribution in [0.25, 0.3) is 0 Å². The molecule has 6 N–H and O–H groups in total. The van der Waals surface area contributed by atoms with Crippen LogP contribution in [0.4, 0.5) is 0 Å². The number of rotatable bonds is 11. The molecule has 2 rings (SSSR count). The van der Waals surface area contributed by atoms with Crippen LogP contribution in [-0.2, 0) is 25.6 Å². The highest BCUT2D eigenvalue weighted by Crippen LogP contribution is 2.20. The summed E-state index contributed by atoms with van der Waals surface area (Å²) in [6.45, 7) is 5.32. The molecule has 1 aromatic rings. The summed E-state index contributed by atoms with van der Waals surface area (Å²) in [5.41, 5.74) is 6.52. The van der Waals surface area contributed by atoms with Crippen LogP contribution in [0, 0.1) is 5.92 Å². The third-order valence-corrected chi connectivity index (χ3v) is 6.33. The lowest BCUT2D eigenvalue weighted by Crippen LogP contribution is -2.60. The van der Waals surface area contributed by atoms with Crippen LogP contribution in [0.3, 0.4) is 0 Å². The zero-order valence-corrected chi connectivity index (χ0v) is 19.9. The molecule has 34 heavy (non-hydrogen) atoms. The SMILES string of the molecule is CCC(C)C(NC(=O)C(N)C(C)O)C(=O)NC(Cc1ccccc1)C(=O)N1CCCC1C(=O)O. The summed E-state index contributed by atoms with van der Waals surface area (Å²) in [7, 11) is 0. The smallest absolute Gasteiger partial charge is 0.326 e. The molecule has 0 saturated carbocycles. The molecular weight excluding hydrogens is 440 g/mol. The molecular formula is C24H36N4O6. The first kappa shape index (κ1) is 27.3. The molecule has 6 atom stereocenters. The number of nitrogens with one attached hydrogen (secondary N) is 2. The summed E-state index contributed by atoms with van der Waals surface area (Å²) in [6, 6.07) is 4.97. The highest BCUT2D eigenvalue weighted by Gasteiger charge is 2.39. The van der Waals surface area contributed by atoms with Crippen molar-refractivity contribution in [1.82, 2.24) is 15.5 Å². The van der Waals surface area contributed by atoms with E-state index in [1.165, 1.54) is 11.8 Å². The normalized spacial score (nSPS) is 20.0. The lowest BCUT2D eigenvalue weighted by atomic mass is 9.96. The summed E-state index contributed by atoms with van der Waals surface area (Å²) in [5, 5.41) is 24.5. The predicted molar refractivity (Wildman–Crippen MR) is 125 cm³/mol. The average molecular weight is 477 g/mol. The highest BCUT2D eigenvalue weighted by atomic mass is 16.4. The van der Waals surface area contributed by atoms with Crippen molar-refractivity contribution >= 4 is 23.7 Å². The van der Waals surface area contributed by atoms with E-state index in [1.807, 2.05) is 37.3 Å². The van der Waals surface area contributed by atoms with Crippen LogP contribution in [0.5, 0.6) is 0 Å². The van der Waals surface area contributed by atoms with Crippen molar-refractivity contribution in [3.63, 3.8) is 0 Å². The van der Waals surface area contributed by atoms with E-state index in [0.29, 0.717) is 25.8 Å². The lowest BCUT2D eigenvalue weighted by Gasteiger charge is -2.30. The van der Waals surface area contributed by atoms with E-state index in [-0.39, 0.29) is 12.3 Å². The second-order valence-corrected chi connectivity index (χ2v) is 8.92. The number of carbonyl (C=O) groups excluding carboxylic acids is 3. The number of carboxylic acid groups (broad SMARTS) is 1. The van der Waals surface area contributed by atoms with E-state index in [9.17, 15) is 29.4 Å². The van der Waals surface area contributed by atoms with Crippen LogP contribution in [-0.4, -0.2) is 75.6 Å². The van der Waals surface area contributed by atoms with E-state index >= 15 is 0 Å². The Bertz CT molecular complexity index is 862. The molecule has 0 aliphatic carbocycles. The number of benzene rings is 1. The van der Waals surface area contributed by atoms with Gasteiger partial charge in [0, 0.05) is 13.0 Å². The van der Waals surface area contributed by atoms with Crippen LogP contribution in [0.2, 0.25) is 0 Å². The van der Waals surface area contributed by atoms with E-state index in [1.54, 1.807) is 6.92 Å². The van der Waals surface area contributed by atoms with Gasteiger partial charge in [-0.2, -0.15) is 0 Å². The van der Waals surface area contributed by atoms with Gasteiger partial charge in [-0.25, -0.2) is 4.79 Å². The molecule has 6 unspecified atom stereocenters. The fraction of sp³-hybridized carbons (Fsp3) is 0.583. The number of nitrogens with two attached hydrogens (primary N) is 1. The van der Waals surface area contributed by atoms with E-state index in [0.717, 1.165) is 5.56 Å². The Morgan fingerprint density at radius 2 is 1.76 bits per heavy atom. The maximum absolute atomic E-state index is 13.4. The molecule has 10 nitrogen and oxygen atoms in total. The van der Waals surface area contributed by atoms with Gasteiger partial charge in [0.25, 0.3) is 0 Å². The van der Waals surface area contributed by atoms with Crippen molar-refractivity contribution in [3.8, 4) is 0 Å². The van der Waals surface area contributed by atoms with Crippen LogP contribution < -0.4 is 16.4 Å². The molecule has 1 saturated heterocycles. The minimum Gasteiger partial charge on any atom is -0.480 e. The van der Waals surface area contributed by atoms with Gasteiger partial charge >= 0.3 is 5.97 Å². The number of carboxylic acids is 1. The first-order valence-electron chi connectivity index (χ1n) is 11.7. The molecule has 188 valence electrons. The van der Waals surface area contributed by atoms with E-state index < -0.39 is 54.0 Å². The first-order chi connectivity index (χ1) is 16.1. The third-order valence-electron chi connectivity index (χ3n) is 6.33. The number of aliphatic carboxylic acids is 1. The first-order valence-corrected chi connectivity index (χ1v) is 11.7. The molecule has 3 amide bonds. The minimum atomic E-state index is -1.21. The molecule has 0 bridgehead atoms. The summed E-state index contributed by atoms with van der Waals surface area (Å²) in [6.07, 6.45) is 0.555. The number of aliphatic hydroxyl groups excluding tert-OH is 1. The zero-order chi connectivity index (χ0) is 25.4. The van der Waals surface area contributed by atoms with Crippen molar-refractivity contribution in [1.29, 1.82) is 0 Å². The number of carbonyl (C=O) groups is 4. The van der Waals surface area contributed by atoms with Gasteiger partial charge in [-0.05, 0) is 31.2 Å². The van der Waals surface area contributed by atoms with Crippen molar-refractivity contribution in [3.05, 3.63) is 35.9 Å². The van der Waals surface area contributed by atoms with Gasteiger partial charge in [-0.1, -0.05) is 50.6 Å². The fourth-order valence-corrected chi connectivity index (χ4v) is 3.97. The topological polar surface area (TPSA) is 162 Å². The summed E-state index contributed by atoms with van der Waals surface area (Å²) >= 11 is 0. The second kappa shape index (κ2) is 12.5. The summed E-state index contributed by atoms with van der Waals surface area (Å²) < 4.78 is 0. The number of likely N-dealkylation sites (tertiary alicyclic amines) is 1. The van der Waals surface area contributed by atoms with Gasteiger partial charge in [0.15, 0.2) is 0 Å². The Morgan fingerprint density at radius 1 is 1.12 bits per heavy atom. The molecule has 0 radical (unpaired) electrons. The zero-order valence-electron chi connectivity index (χ0n) is 19.9. The number of nitrogens with zero attached hydrogens (tertiary/aromatic N) is 1. The van der Waals surface area contributed by atoms with Crippen LogP contribution >= 0.6 is 0 Å². The van der Waals surface area contributed by atoms with Gasteiger partial charge in [0.1, 0.15) is 24.2 Å².